The summed E-state index contributed by atoms with van der Waals surface area (Å²) >= 11 is 0. The van der Waals surface area contributed by atoms with Crippen LogP contribution < -0.4 is 0 Å². The van der Waals surface area contributed by atoms with E-state index in [-0.39, 0.29) is 25.7 Å². The van der Waals surface area contributed by atoms with Gasteiger partial charge in [-0.25, -0.2) is 4.57 Å². The largest absolute Gasteiger partial charge is 0.472 e. The molecule has 0 bridgehead atoms. The molecule has 6 atom stereocenters. The molecule has 1 unspecified atom stereocenters. The Morgan fingerprint density at radius 2 is 1.09 bits per heavy atom. The standard InChI is InChI=1S/C42H75O13P/c1-3-5-7-8-9-10-11-12-13-14-15-20-24-30-41(48)52-34-38(35-54-56(50,51)53-33-37(45)32-43)55-42(49)31-25-29-40(47)39(46)28-23-19-17-16-18-22-27-36(44)26-21-6-4-2/h16-19,22-23,27-28,36-40,43-47H,3-15,20-21,24-26,29-35H2,1-2H3,(H,50,51)/b18-16-,19-17+,27-22+,28-23+/t36-,37-,38+,39-,40-/m0/s1. The number of aliphatic hydroxyl groups excluding tert-OH is 5. The van der Waals surface area contributed by atoms with Crippen molar-refractivity contribution in [2.24, 2.45) is 0 Å². The lowest BCUT2D eigenvalue weighted by Gasteiger charge is -2.20. The summed E-state index contributed by atoms with van der Waals surface area (Å²) in [5.41, 5.74) is 0. The Balaban J connectivity index is 4.68. The maximum Gasteiger partial charge on any atom is 0.472 e. The number of unbranched alkanes of at least 4 members (excludes halogenated alkanes) is 14. The van der Waals surface area contributed by atoms with E-state index in [4.69, 9.17) is 19.1 Å². The minimum atomic E-state index is -4.71. The van der Waals surface area contributed by atoms with Crippen LogP contribution >= 0.6 is 7.82 Å². The van der Waals surface area contributed by atoms with Gasteiger partial charge in [0, 0.05) is 12.8 Å². The number of rotatable bonds is 38. The Bertz CT molecular complexity index is 1130. The van der Waals surface area contributed by atoms with Gasteiger partial charge < -0.3 is 39.9 Å². The van der Waals surface area contributed by atoms with Crippen molar-refractivity contribution in [3.63, 3.8) is 0 Å². The van der Waals surface area contributed by atoms with Gasteiger partial charge >= 0.3 is 19.8 Å². The van der Waals surface area contributed by atoms with Crippen LogP contribution in [0.15, 0.2) is 48.6 Å². The van der Waals surface area contributed by atoms with Gasteiger partial charge in [-0.3, -0.25) is 18.6 Å². The van der Waals surface area contributed by atoms with Gasteiger partial charge in [0.05, 0.1) is 38.1 Å². The lowest BCUT2D eigenvalue weighted by Crippen LogP contribution is -2.30. The van der Waals surface area contributed by atoms with Crippen molar-refractivity contribution >= 4 is 19.8 Å². The third-order valence-electron chi connectivity index (χ3n) is 8.85. The highest BCUT2D eigenvalue weighted by Gasteiger charge is 2.27. The fourth-order valence-corrected chi connectivity index (χ4v) is 6.22. The summed E-state index contributed by atoms with van der Waals surface area (Å²) in [6.07, 6.45) is 27.3. The third-order valence-corrected chi connectivity index (χ3v) is 9.80. The maximum atomic E-state index is 12.6. The molecule has 0 saturated carbocycles. The summed E-state index contributed by atoms with van der Waals surface area (Å²) < 4.78 is 32.4. The molecule has 0 spiro atoms. The Kier molecular flexibility index (Phi) is 35.7. The minimum absolute atomic E-state index is 0.0672. The molecule has 0 fully saturated rings. The molecule has 0 rings (SSSR count). The second kappa shape index (κ2) is 37.1. The van der Waals surface area contributed by atoms with Gasteiger partial charge in [0.25, 0.3) is 0 Å². The normalized spacial score (nSPS) is 16.1. The van der Waals surface area contributed by atoms with E-state index in [1.165, 1.54) is 63.9 Å². The summed E-state index contributed by atoms with van der Waals surface area (Å²) in [6, 6.07) is 0. The first-order valence-corrected chi connectivity index (χ1v) is 22.4. The summed E-state index contributed by atoms with van der Waals surface area (Å²) in [4.78, 5) is 35.0. The van der Waals surface area contributed by atoms with Crippen LogP contribution in [0.3, 0.4) is 0 Å². The second-order valence-electron chi connectivity index (χ2n) is 14.2. The average molecular weight is 819 g/mol. The van der Waals surface area contributed by atoms with Gasteiger partial charge in [-0.15, -0.1) is 0 Å². The highest BCUT2D eigenvalue weighted by molar-refractivity contribution is 7.47. The maximum absolute atomic E-state index is 12.6. The summed E-state index contributed by atoms with van der Waals surface area (Å²) in [5, 5.41) is 48.8. The van der Waals surface area contributed by atoms with E-state index >= 15 is 0 Å². The van der Waals surface area contributed by atoms with Gasteiger partial charge in [-0.2, -0.15) is 0 Å². The van der Waals surface area contributed by atoms with Gasteiger partial charge in [-0.1, -0.05) is 159 Å². The smallest absolute Gasteiger partial charge is 0.462 e. The summed E-state index contributed by atoms with van der Waals surface area (Å²) in [7, 11) is -4.71. The van der Waals surface area contributed by atoms with E-state index in [9.17, 15) is 39.5 Å². The number of carbonyl (C=O) groups excluding carboxylic acids is 2. The summed E-state index contributed by atoms with van der Waals surface area (Å²) in [6.45, 7) is 1.86. The van der Waals surface area contributed by atoms with Crippen LogP contribution in [0.1, 0.15) is 149 Å². The van der Waals surface area contributed by atoms with Crippen LogP contribution in [-0.2, 0) is 32.7 Å². The number of allylic oxidation sites excluding steroid dienone is 6. The number of hydrogen-bond acceptors (Lipinski definition) is 12. The predicted molar refractivity (Wildman–Crippen MR) is 219 cm³/mol. The van der Waals surface area contributed by atoms with E-state index in [0.717, 1.165) is 44.9 Å². The molecule has 0 amide bonds. The fourth-order valence-electron chi connectivity index (χ4n) is 5.43. The first kappa shape index (κ1) is 53.8. The molecule has 326 valence electrons. The Hall–Kier alpha value is -2.19. The molecule has 0 aromatic carbocycles. The van der Waals surface area contributed by atoms with Crippen LogP contribution in [0.25, 0.3) is 0 Å². The van der Waals surface area contributed by atoms with E-state index in [1.807, 2.05) is 0 Å². The second-order valence-corrected chi connectivity index (χ2v) is 15.7. The average Bonchev–Trinajstić information content (AvgIpc) is 3.17. The number of phosphoric acid groups is 1. The van der Waals surface area contributed by atoms with Gasteiger partial charge in [0.2, 0.25) is 0 Å². The monoisotopic (exact) mass is 818 g/mol. The Morgan fingerprint density at radius 3 is 1.68 bits per heavy atom. The van der Waals surface area contributed by atoms with Crippen LogP contribution in [0, 0.1) is 0 Å². The highest BCUT2D eigenvalue weighted by Crippen LogP contribution is 2.43. The minimum Gasteiger partial charge on any atom is -0.462 e. The van der Waals surface area contributed by atoms with E-state index in [1.54, 1.807) is 42.5 Å². The van der Waals surface area contributed by atoms with E-state index in [0.29, 0.717) is 6.42 Å². The number of phosphoric ester groups is 1. The zero-order valence-corrected chi connectivity index (χ0v) is 35.1. The molecular weight excluding hydrogens is 743 g/mol. The summed E-state index contributed by atoms with van der Waals surface area (Å²) in [5.74, 6) is -1.26. The van der Waals surface area contributed by atoms with Crippen LogP contribution in [0.4, 0.5) is 0 Å². The number of hydrogen-bond donors (Lipinski definition) is 6. The molecule has 0 saturated heterocycles. The number of aliphatic hydroxyl groups is 5. The molecule has 56 heavy (non-hydrogen) atoms. The van der Waals surface area contributed by atoms with E-state index < -0.39 is 76.7 Å². The quantitative estimate of drug-likeness (QED) is 0.0155. The first-order chi connectivity index (χ1) is 26.9. The number of ether oxygens (including phenoxy) is 2. The van der Waals surface area contributed by atoms with Gasteiger partial charge in [0.15, 0.2) is 6.10 Å². The molecule has 0 aliphatic carbocycles. The van der Waals surface area contributed by atoms with Crippen molar-refractivity contribution in [3.8, 4) is 0 Å². The first-order valence-electron chi connectivity index (χ1n) is 20.9. The molecule has 0 radical (unpaired) electrons. The molecule has 14 heteroatoms. The van der Waals surface area contributed by atoms with Crippen molar-refractivity contribution < 1.29 is 63.1 Å². The number of esters is 2. The van der Waals surface area contributed by atoms with Crippen LogP contribution in [0.5, 0.6) is 0 Å². The molecular formula is C42H75O13P. The topological polar surface area (TPSA) is 210 Å². The zero-order chi connectivity index (χ0) is 41.7. The van der Waals surface area contributed by atoms with E-state index in [2.05, 4.69) is 18.4 Å². The SMILES string of the molecule is CCCCCCCCCCCCCCCC(=O)OC[C@H](COP(=O)(O)OC[C@@H](O)CO)OC(=O)CCC[C@H](O)[C@@H](O)/C=C/C=C/C=C\C=C\[C@@H](O)CCCCC. The molecule has 0 aromatic heterocycles. The number of carbonyl (C=O) groups is 2. The molecule has 0 heterocycles. The Morgan fingerprint density at radius 1 is 0.589 bits per heavy atom. The van der Waals surface area contributed by atoms with Crippen molar-refractivity contribution in [1.29, 1.82) is 0 Å². The van der Waals surface area contributed by atoms with Crippen LogP contribution in [-0.4, -0.2) is 99.3 Å². The van der Waals surface area contributed by atoms with Crippen molar-refractivity contribution in [1.82, 2.24) is 0 Å². The zero-order valence-electron chi connectivity index (χ0n) is 34.2. The fraction of sp³-hybridized carbons (Fsp3) is 0.762. The van der Waals surface area contributed by atoms with Crippen molar-refractivity contribution in [3.05, 3.63) is 48.6 Å². The van der Waals surface area contributed by atoms with Gasteiger partial charge in [0.1, 0.15) is 12.7 Å². The van der Waals surface area contributed by atoms with Crippen LogP contribution in [0.2, 0.25) is 0 Å². The highest BCUT2D eigenvalue weighted by atomic mass is 31.2. The molecule has 0 aliphatic rings. The molecule has 0 aromatic rings. The molecule has 0 aliphatic heterocycles. The Labute approximate surface area is 336 Å². The predicted octanol–water partition coefficient (Wildman–Crippen LogP) is 7.47. The van der Waals surface area contributed by atoms with Crippen molar-refractivity contribution in [2.75, 3.05) is 26.4 Å². The lowest BCUT2D eigenvalue weighted by molar-refractivity contribution is -0.161. The third kappa shape index (κ3) is 35.0. The lowest BCUT2D eigenvalue weighted by atomic mass is 10.0. The molecule has 6 N–H and O–H groups in total. The van der Waals surface area contributed by atoms with Crippen molar-refractivity contribution in [2.45, 2.75) is 179 Å². The molecule has 13 nitrogen and oxygen atoms in total. The van der Waals surface area contributed by atoms with Gasteiger partial charge in [-0.05, 0) is 25.7 Å².